The molecule has 3 nitrogen and oxygen atoms in total. The van der Waals surface area contributed by atoms with Crippen LogP contribution in [0, 0.1) is 0 Å². The molecule has 0 aliphatic heterocycles. The number of aliphatic hydroxyl groups excluding tert-OH is 1. The quantitative estimate of drug-likeness (QED) is 0.332. The summed E-state index contributed by atoms with van der Waals surface area (Å²) in [6.07, 6.45) is 3.11. The number of hydrogen-bond acceptors (Lipinski definition) is 2. The number of allylic oxidation sites excluding steroid dienone is 2. The van der Waals surface area contributed by atoms with Crippen LogP contribution >= 0.6 is 0 Å². The number of rotatable bonds is 2. The summed E-state index contributed by atoms with van der Waals surface area (Å²) < 4.78 is 0. The zero-order valence-corrected chi connectivity index (χ0v) is 5.03. The fraction of sp³-hybridized carbons (Fsp3) is 0.167. The molecule has 0 radical (unpaired) electrons. The summed E-state index contributed by atoms with van der Waals surface area (Å²) in [4.78, 5) is 9.89. The molecule has 0 atom stereocenters. The van der Waals surface area contributed by atoms with Gasteiger partial charge in [0.1, 0.15) is 0 Å². The minimum absolute atomic E-state index is 0.505. The lowest BCUT2D eigenvalue weighted by Crippen LogP contribution is -1.87. The van der Waals surface area contributed by atoms with Gasteiger partial charge in [0.15, 0.2) is 0 Å². The Labute approximate surface area is 52.9 Å². The molecule has 0 aliphatic carbocycles. The maximum atomic E-state index is 9.89. The van der Waals surface area contributed by atoms with Crippen molar-refractivity contribution in [3.8, 4) is 0 Å². The van der Waals surface area contributed by atoms with E-state index in [1.54, 1.807) is 6.92 Å². The second-order valence-electron chi connectivity index (χ2n) is 1.54. The molecule has 0 bridgehead atoms. The highest BCUT2D eigenvalue weighted by molar-refractivity contribution is 5.81. The Hall–Kier alpha value is -1.25. The van der Waals surface area contributed by atoms with E-state index in [0.717, 1.165) is 12.3 Å². The molecule has 0 spiro atoms. The molecule has 0 fully saturated rings. The van der Waals surface area contributed by atoms with Crippen molar-refractivity contribution in [2.45, 2.75) is 6.92 Å². The lowest BCUT2D eigenvalue weighted by atomic mass is 10.3. The van der Waals surface area contributed by atoms with Gasteiger partial charge in [0.2, 0.25) is 0 Å². The van der Waals surface area contributed by atoms with Gasteiger partial charge in [0.25, 0.3) is 0 Å². The van der Waals surface area contributed by atoms with E-state index in [-0.39, 0.29) is 0 Å². The molecule has 9 heavy (non-hydrogen) atoms. The normalized spacial score (nSPS) is 12.3. The molecule has 0 rings (SSSR count). The summed E-state index contributed by atoms with van der Waals surface area (Å²) in [5, 5.41) is 16.3. The van der Waals surface area contributed by atoms with Crippen LogP contribution in [0.2, 0.25) is 0 Å². The largest absolute Gasteiger partial charge is 0.516 e. The van der Waals surface area contributed by atoms with E-state index < -0.39 is 5.97 Å². The zero-order valence-electron chi connectivity index (χ0n) is 5.03. The maximum Gasteiger partial charge on any atom is 0.328 e. The first-order valence-electron chi connectivity index (χ1n) is 2.39. The van der Waals surface area contributed by atoms with Gasteiger partial charge in [-0.15, -0.1) is 0 Å². The number of carboxylic acid groups (broad SMARTS) is 1. The van der Waals surface area contributed by atoms with Gasteiger partial charge in [0, 0.05) is 6.08 Å². The van der Waals surface area contributed by atoms with Crippen molar-refractivity contribution in [2.75, 3.05) is 0 Å². The van der Waals surface area contributed by atoms with Crippen LogP contribution in [0.3, 0.4) is 0 Å². The third-order valence-electron chi connectivity index (χ3n) is 0.689. The summed E-state index contributed by atoms with van der Waals surface area (Å²) in [5.74, 6) is -1.01. The molecular weight excluding hydrogens is 120 g/mol. The molecule has 2 N–H and O–H groups in total. The third kappa shape index (κ3) is 4.61. The summed E-state index contributed by atoms with van der Waals surface area (Å²) in [6.45, 7) is 1.58. The van der Waals surface area contributed by atoms with Crippen molar-refractivity contribution in [1.82, 2.24) is 0 Å². The predicted molar refractivity (Wildman–Crippen MR) is 33.2 cm³/mol. The minimum atomic E-state index is -1.01. The third-order valence-corrected chi connectivity index (χ3v) is 0.689. The molecule has 0 aliphatic rings. The number of aliphatic carboxylic acids is 1. The second kappa shape index (κ2) is 3.72. The molecule has 0 aromatic carbocycles. The Kier molecular flexibility index (Phi) is 3.20. The molecular formula is C6H8O3. The van der Waals surface area contributed by atoms with E-state index in [2.05, 4.69) is 0 Å². The Morgan fingerprint density at radius 1 is 1.56 bits per heavy atom. The first kappa shape index (κ1) is 7.75. The smallest absolute Gasteiger partial charge is 0.328 e. The molecule has 0 heterocycles. The van der Waals surface area contributed by atoms with Gasteiger partial charge < -0.3 is 10.2 Å². The van der Waals surface area contributed by atoms with Crippen LogP contribution in [0.1, 0.15) is 6.92 Å². The number of hydrogen-bond donors (Lipinski definition) is 2. The Bertz CT molecular complexity index is 156. The van der Waals surface area contributed by atoms with Crippen LogP contribution in [0.25, 0.3) is 0 Å². The standard InChI is InChI=1S/C6H8O3/c1-5(2-3-7)4-6(8)9/h2-4,7H,1H3,(H,8,9)/b3-2+,5-4-. The van der Waals surface area contributed by atoms with Crippen LogP contribution < -0.4 is 0 Å². The van der Waals surface area contributed by atoms with E-state index in [0.29, 0.717) is 5.57 Å². The van der Waals surface area contributed by atoms with Crippen LogP contribution in [-0.2, 0) is 4.79 Å². The number of carboxylic acids is 1. The molecule has 0 aromatic rings. The van der Waals surface area contributed by atoms with E-state index in [1.165, 1.54) is 6.08 Å². The van der Waals surface area contributed by atoms with Gasteiger partial charge in [-0.25, -0.2) is 4.79 Å². The first-order chi connectivity index (χ1) is 4.16. The molecule has 0 saturated heterocycles. The van der Waals surface area contributed by atoms with E-state index >= 15 is 0 Å². The van der Waals surface area contributed by atoms with Crippen molar-refractivity contribution in [3.05, 3.63) is 24.0 Å². The van der Waals surface area contributed by atoms with Crippen molar-refractivity contribution in [3.63, 3.8) is 0 Å². The molecule has 50 valence electrons. The van der Waals surface area contributed by atoms with Crippen molar-refractivity contribution in [2.24, 2.45) is 0 Å². The average molecular weight is 128 g/mol. The van der Waals surface area contributed by atoms with Gasteiger partial charge in [-0.05, 0) is 18.6 Å². The fourth-order valence-corrected chi connectivity index (χ4v) is 0.360. The highest BCUT2D eigenvalue weighted by Gasteiger charge is 1.87. The molecule has 0 aromatic heterocycles. The zero-order chi connectivity index (χ0) is 7.28. The predicted octanol–water partition coefficient (Wildman–Crippen LogP) is 1.09. The first-order valence-corrected chi connectivity index (χ1v) is 2.39. The Balaban J connectivity index is 4.00. The highest BCUT2D eigenvalue weighted by Crippen LogP contribution is 1.91. The van der Waals surface area contributed by atoms with Crippen LogP contribution in [0.4, 0.5) is 0 Å². The molecule has 0 amide bonds. The Morgan fingerprint density at radius 2 is 2.11 bits per heavy atom. The summed E-state index contributed by atoms with van der Waals surface area (Å²) in [7, 11) is 0. The lowest BCUT2D eigenvalue weighted by Gasteiger charge is -1.84. The maximum absolute atomic E-state index is 9.89. The summed E-state index contributed by atoms with van der Waals surface area (Å²) >= 11 is 0. The fourth-order valence-electron chi connectivity index (χ4n) is 0.360. The molecule has 3 heteroatoms. The summed E-state index contributed by atoms with van der Waals surface area (Å²) in [6, 6.07) is 0. The molecule has 0 unspecified atom stereocenters. The van der Waals surface area contributed by atoms with Crippen molar-refractivity contribution in [1.29, 1.82) is 0 Å². The van der Waals surface area contributed by atoms with Crippen molar-refractivity contribution >= 4 is 5.97 Å². The van der Waals surface area contributed by atoms with Crippen molar-refractivity contribution < 1.29 is 15.0 Å². The monoisotopic (exact) mass is 128 g/mol. The lowest BCUT2D eigenvalue weighted by molar-refractivity contribution is -0.131. The minimum Gasteiger partial charge on any atom is -0.516 e. The van der Waals surface area contributed by atoms with E-state index in [9.17, 15) is 4.79 Å². The van der Waals surface area contributed by atoms with Gasteiger partial charge in [-0.3, -0.25) is 0 Å². The topological polar surface area (TPSA) is 57.5 Å². The second-order valence-corrected chi connectivity index (χ2v) is 1.54. The van der Waals surface area contributed by atoms with Crippen LogP contribution in [0.15, 0.2) is 24.0 Å². The Morgan fingerprint density at radius 3 is 2.44 bits per heavy atom. The van der Waals surface area contributed by atoms with Gasteiger partial charge >= 0.3 is 5.97 Å². The number of carbonyl (C=O) groups is 1. The van der Waals surface area contributed by atoms with E-state index in [1.807, 2.05) is 0 Å². The van der Waals surface area contributed by atoms with Gasteiger partial charge in [-0.2, -0.15) is 0 Å². The SMILES string of the molecule is CC(=C/C(=O)O)/C=C/O. The number of aliphatic hydroxyl groups is 1. The summed E-state index contributed by atoms with van der Waals surface area (Å²) in [5.41, 5.74) is 0.505. The van der Waals surface area contributed by atoms with Gasteiger partial charge in [0.05, 0.1) is 6.26 Å². The van der Waals surface area contributed by atoms with Crippen LogP contribution in [-0.4, -0.2) is 16.2 Å². The highest BCUT2D eigenvalue weighted by atomic mass is 16.4. The van der Waals surface area contributed by atoms with Gasteiger partial charge in [-0.1, -0.05) is 0 Å². The van der Waals surface area contributed by atoms with E-state index in [4.69, 9.17) is 10.2 Å². The average Bonchev–Trinajstić information content (AvgIpc) is 1.63. The van der Waals surface area contributed by atoms with Crippen LogP contribution in [0.5, 0.6) is 0 Å². The molecule has 0 saturated carbocycles.